The molecule has 1 aromatic heterocycles. The summed E-state index contributed by atoms with van der Waals surface area (Å²) in [5.41, 5.74) is 9.39. The molecule has 1 heterocycles. The Kier molecular flexibility index (Phi) is 3.12. The smallest absolute Gasteiger partial charge is 0.0470 e. The molecule has 2 nitrogen and oxygen atoms in total. The minimum atomic E-state index is 0.749. The van der Waals surface area contributed by atoms with E-state index in [4.69, 9.17) is 5.73 Å². The molecule has 2 rings (SSSR count). The minimum Gasteiger partial charge on any atom is -0.358 e. The van der Waals surface area contributed by atoms with Crippen LogP contribution < -0.4 is 5.73 Å². The standard InChI is InChI=1S/C12H15BrN2/c1-8-10-5-4-9(13)7-12(10)15-11(8)3-2-6-14/h4-5,7,15H,2-3,6,14H2,1H3. The van der Waals surface area contributed by atoms with Crippen molar-refractivity contribution in [2.24, 2.45) is 5.73 Å². The lowest BCUT2D eigenvalue weighted by Crippen LogP contribution is -2.01. The number of H-pyrrole nitrogens is 1. The molecule has 3 heteroatoms. The Hall–Kier alpha value is -0.800. The SMILES string of the molecule is Cc1c(CCCN)[nH]c2cc(Br)ccc12. The number of aromatic nitrogens is 1. The molecule has 0 aliphatic heterocycles. The lowest BCUT2D eigenvalue weighted by molar-refractivity contribution is 0.813. The highest BCUT2D eigenvalue weighted by molar-refractivity contribution is 9.10. The number of nitrogens with two attached hydrogens (primary N) is 1. The second-order valence-corrected chi connectivity index (χ2v) is 4.73. The summed E-state index contributed by atoms with van der Waals surface area (Å²) in [6.45, 7) is 2.91. The molecule has 3 N–H and O–H groups in total. The molecule has 0 fully saturated rings. The van der Waals surface area contributed by atoms with Gasteiger partial charge in [-0.05, 0) is 44.0 Å². The first-order chi connectivity index (χ1) is 7.22. The molecule has 2 aromatic rings. The maximum atomic E-state index is 5.52. The van der Waals surface area contributed by atoms with Crippen LogP contribution in [0.4, 0.5) is 0 Å². The zero-order valence-corrected chi connectivity index (χ0v) is 10.4. The van der Waals surface area contributed by atoms with Crippen molar-refractivity contribution >= 4 is 26.8 Å². The number of benzene rings is 1. The van der Waals surface area contributed by atoms with Gasteiger partial charge in [-0.25, -0.2) is 0 Å². The van der Waals surface area contributed by atoms with E-state index in [-0.39, 0.29) is 0 Å². The van der Waals surface area contributed by atoms with Crippen LogP contribution >= 0.6 is 15.9 Å². The summed E-state index contributed by atoms with van der Waals surface area (Å²) in [5, 5.41) is 1.31. The fourth-order valence-electron chi connectivity index (χ4n) is 1.89. The van der Waals surface area contributed by atoms with E-state index in [1.54, 1.807) is 0 Å². The third-order valence-corrected chi connectivity index (χ3v) is 3.25. The molecule has 15 heavy (non-hydrogen) atoms. The Morgan fingerprint density at radius 2 is 2.20 bits per heavy atom. The first-order valence-electron chi connectivity index (χ1n) is 5.19. The topological polar surface area (TPSA) is 41.8 Å². The van der Waals surface area contributed by atoms with E-state index in [2.05, 4.69) is 46.0 Å². The highest BCUT2D eigenvalue weighted by Gasteiger charge is 2.06. The van der Waals surface area contributed by atoms with Gasteiger partial charge in [-0.3, -0.25) is 0 Å². The average molecular weight is 267 g/mol. The van der Waals surface area contributed by atoms with Crippen molar-refractivity contribution in [3.05, 3.63) is 33.9 Å². The van der Waals surface area contributed by atoms with Crippen molar-refractivity contribution in [2.75, 3.05) is 6.54 Å². The Bertz CT molecular complexity index is 474. The van der Waals surface area contributed by atoms with E-state index in [0.717, 1.165) is 23.9 Å². The van der Waals surface area contributed by atoms with Crippen molar-refractivity contribution in [1.29, 1.82) is 0 Å². The number of aromatic amines is 1. The van der Waals surface area contributed by atoms with Gasteiger partial charge in [-0.2, -0.15) is 0 Å². The zero-order chi connectivity index (χ0) is 10.8. The van der Waals surface area contributed by atoms with Gasteiger partial charge in [0, 0.05) is 21.1 Å². The Morgan fingerprint density at radius 3 is 2.93 bits per heavy atom. The van der Waals surface area contributed by atoms with E-state index < -0.39 is 0 Å². The fraction of sp³-hybridized carbons (Fsp3) is 0.333. The molecule has 0 saturated heterocycles. The number of hydrogen-bond acceptors (Lipinski definition) is 1. The number of nitrogens with one attached hydrogen (secondary N) is 1. The second-order valence-electron chi connectivity index (χ2n) is 3.81. The predicted molar refractivity (Wildman–Crippen MR) is 68.1 cm³/mol. The van der Waals surface area contributed by atoms with Crippen LogP contribution in [-0.4, -0.2) is 11.5 Å². The van der Waals surface area contributed by atoms with Crippen LogP contribution in [0.1, 0.15) is 17.7 Å². The molecule has 0 bridgehead atoms. The van der Waals surface area contributed by atoms with Gasteiger partial charge in [0.2, 0.25) is 0 Å². The van der Waals surface area contributed by atoms with Gasteiger partial charge in [0.1, 0.15) is 0 Å². The van der Waals surface area contributed by atoms with Gasteiger partial charge < -0.3 is 10.7 Å². The van der Waals surface area contributed by atoms with Crippen molar-refractivity contribution < 1.29 is 0 Å². The number of fused-ring (bicyclic) bond motifs is 1. The van der Waals surface area contributed by atoms with E-state index in [9.17, 15) is 0 Å². The molecule has 0 radical (unpaired) electrons. The van der Waals surface area contributed by atoms with E-state index in [1.165, 1.54) is 22.2 Å². The lowest BCUT2D eigenvalue weighted by atomic mass is 10.1. The fourth-order valence-corrected chi connectivity index (χ4v) is 2.26. The largest absolute Gasteiger partial charge is 0.358 e. The third kappa shape index (κ3) is 2.08. The van der Waals surface area contributed by atoms with Crippen molar-refractivity contribution in [2.45, 2.75) is 19.8 Å². The molecular formula is C12H15BrN2. The van der Waals surface area contributed by atoms with E-state index in [1.807, 2.05) is 0 Å². The average Bonchev–Trinajstić information content (AvgIpc) is 2.52. The maximum absolute atomic E-state index is 5.52. The van der Waals surface area contributed by atoms with Crippen LogP contribution in [0.3, 0.4) is 0 Å². The summed E-state index contributed by atoms with van der Waals surface area (Å²) < 4.78 is 1.11. The third-order valence-electron chi connectivity index (χ3n) is 2.75. The van der Waals surface area contributed by atoms with Gasteiger partial charge in [-0.15, -0.1) is 0 Å². The Balaban J connectivity index is 2.44. The number of rotatable bonds is 3. The minimum absolute atomic E-state index is 0.749. The van der Waals surface area contributed by atoms with Crippen LogP contribution in [0, 0.1) is 6.92 Å². The van der Waals surface area contributed by atoms with Crippen LogP contribution in [0.15, 0.2) is 22.7 Å². The van der Waals surface area contributed by atoms with Crippen LogP contribution in [0.25, 0.3) is 10.9 Å². The molecule has 0 aliphatic carbocycles. The molecule has 0 amide bonds. The second kappa shape index (κ2) is 4.37. The Morgan fingerprint density at radius 1 is 1.40 bits per heavy atom. The monoisotopic (exact) mass is 266 g/mol. The molecule has 0 atom stereocenters. The summed E-state index contributed by atoms with van der Waals surface area (Å²) in [6, 6.07) is 6.35. The Labute approximate surface area is 98.0 Å². The van der Waals surface area contributed by atoms with E-state index >= 15 is 0 Å². The maximum Gasteiger partial charge on any atom is 0.0470 e. The zero-order valence-electron chi connectivity index (χ0n) is 8.81. The first kappa shape index (κ1) is 10.7. The molecule has 1 aromatic carbocycles. The van der Waals surface area contributed by atoms with Gasteiger partial charge in [-0.1, -0.05) is 22.0 Å². The molecule has 0 unspecified atom stereocenters. The van der Waals surface area contributed by atoms with Gasteiger partial charge in [0.05, 0.1) is 0 Å². The highest BCUT2D eigenvalue weighted by atomic mass is 79.9. The predicted octanol–water partition coefficient (Wildman–Crippen LogP) is 3.13. The normalized spacial score (nSPS) is 11.1. The summed E-state index contributed by atoms with van der Waals surface area (Å²) in [4.78, 5) is 3.45. The van der Waals surface area contributed by atoms with Gasteiger partial charge >= 0.3 is 0 Å². The summed E-state index contributed by atoms with van der Waals surface area (Å²) in [7, 11) is 0. The van der Waals surface area contributed by atoms with Crippen molar-refractivity contribution in [3.8, 4) is 0 Å². The van der Waals surface area contributed by atoms with Crippen molar-refractivity contribution in [1.82, 2.24) is 4.98 Å². The molecule has 0 aliphatic rings. The molecular weight excluding hydrogens is 252 g/mol. The van der Waals surface area contributed by atoms with Crippen LogP contribution in [-0.2, 0) is 6.42 Å². The molecule has 0 spiro atoms. The van der Waals surface area contributed by atoms with Crippen LogP contribution in [0.2, 0.25) is 0 Å². The van der Waals surface area contributed by atoms with Gasteiger partial charge in [0.25, 0.3) is 0 Å². The lowest BCUT2D eigenvalue weighted by Gasteiger charge is -1.97. The summed E-state index contributed by atoms with van der Waals surface area (Å²) >= 11 is 3.48. The number of aryl methyl sites for hydroxylation is 2. The first-order valence-corrected chi connectivity index (χ1v) is 5.98. The van der Waals surface area contributed by atoms with Gasteiger partial charge in [0.15, 0.2) is 0 Å². The number of halogens is 1. The van der Waals surface area contributed by atoms with Crippen LogP contribution in [0.5, 0.6) is 0 Å². The molecule has 0 saturated carbocycles. The van der Waals surface area contributed by atoms with Crippen molar-refractivity contribution in [3.63, 3.8) is 0 Å². The summed E-state index contributed by atoms with van der Waals surface area (Å²) in [6.07, 6.45) is 2.07. The quantitative estimate of drug-likeness (QED) is 0.881. The van der Waals surface area contributed by atoms with E-state index in [0.29, 0.717) is 0 Å². The number of hydrogen-bond donors (Lipinski definition) is 2. The molecule has 80 valence electrons. The highest BCUT2D eigenvalue weighted by Crippen LogP contribution is 2.25. The summed E-state index contributed by atoms with van der Waals surface area (Å²) in [5.74, 6) is 0.